The van der Waals surface area contributed by atoms with Crippen molar-refractivity contribution in [2.45, 2.75) is 6.29 Å². The van der Waals surface area contributed by atoms with Crippen LogP contribution in [0.15, 0.2) is 46.9 Å². The Labute approximate surface area is 137 Å². The van der Waals surface area contributed by atoms with Crippen LogP contribution in [0, 0.1) is 0 Å². The Morgan fingerprint density at radius 2 is 1.77 bits per heavy atom. The van der Waals surface area contributed by atoms with Crippen LogP contribution in [0.3, 0.4) is 0 Å². The van der Waals surface area contributed by atoms with E-state index < -0.39 is 0 Å². The van der Waals surface area contributed by atoms with Gasteiger partial charge in [0.05, 0.1) is 12.1 Å². The van der Waals surface area contributed by atoms with Gasteiger partial charge in [-0.3, -0.25) is 0 Å². The van der Waals surface area contributed by atoms with E-state index in [2.05, 4.69) is 39.4 Å². The summed E-state index contributed by atoms with van der Waals surface area (Å²) in [6.45, 7) is 0.534. The van der Waals surface area contributed by atoms with Gasteiger partial charge in [0.2, 0.25) is 0 Å². The average Bonchev–Trinajstić information content (AvgIpc) is 2.56. The van der Waals surface area contributed by atoms with Crippen LogP contribution in [0.4, 0.5) is 5.82 Å². The summed E-state index contributed by atoms with van der Waals surface area (Å²) in [6.07, 6.45) is -0.304. The number of rotatable bonds is 5. The van der Waals surface area contributed by atoms with Crippen LogP contribution >= 0.6 is 15.9 Å². The summed E-state index contributed by atoms with van der Waals surface area (Å²) in [7, 11) is 3.25. The summed E-state index contributed by atoms with van der Waals surface area (Å²) in [5.41, 5.74) is 0.954. The molecule has 5 heteroatoms. The molecule has 1 N–H and O–H groups in total. The quantitative estimate of drug-likeness (QED) is 0.547. The number of aromatic nitrogens is 1. The largest absolute Gasteiger partial charge is 0.364 e. The monoisotopic (exact) mass is 360 g/mol. The summed E-state index contributed by atoms with van der Waals surface area (Å²) in [4.78, 5) is 4.74. The molecule has 0 unspecified atom stereocenters. The van der Waals surface area contributed by atoms with E-state index in [1.807, 2.05) is 24.3 Å². The van der Waals surface area contributed by atoms with Gasteiger partial charge in [-0.1, -0.05) is 40.2 Å². The molecule has 0 bridgehead atoms. The Morgan fingerprint density at radius 3 is 2.50 bits per heavy atom. The summed E-state index contributed by atoms with van der Waals surface area (Å²) in [5.74, 6) is 0.838. The van der Waals surface area contributed by atoms with Crippen LogP contribution < -0.4 is 5.32 Å². The molecule has 0 saturated carbocycles. The second-order valence-corrected chi connectivity index (χ2v) is 5.87. The maximum Gasteiger partial charge on any atom is 0.173 e. The number of nitrogens with zero attached hydrogens (tertiary/aromatic N) is 1. The van der Waals surface area contributed by atoms with E-state index in [9.17, 15) is 0 Å². The van der Waals surface area contributed by atoms with Gasteiger partial charge < -0.3 is 14.8 Å². The third kappa shape index (κ3) is 2.92. The zero-order valence-electron chi connectivity index (χ0n) is 12.5. The molecule has 1 heterocycles. The highest BCUT2D eigenvalue weighted by Gasteiger charge is 2.10. The second-order valence-electron chi connectivity index (χ2n) is 4.95. The van der Waals surface area contributed by atoms with Crippen molar-refractivity contribution in [2.75, 3.05) is 26.1 Å². The molecule has 0 aliphatic rings. The van der Waals surface area contributed by atoms with Gasteiger partial charge in [0.15, 0.2) is 6.29 Å². The van der Waals surface area contributed by atoms with Gasteiger partial charge in [-0.2, -0.15) is 0 Å². The van der Waals surface area contributed by atoms with Crippen LogP contribution in [0.1, 0.15) is 0 Å². The number of anilines is 1. The highest BCUT2D eigenvalue weighted by atomic mass is 79.9. The van der Waals surface area contributed by atoms with Gasteiger partial charge in [0, 0.05) is 29.5 Å². The summed E-state index contributed by atoms with van der Waals surface area (Å²) < 4.78 is 11.5. The molecule has 0 atom stereocenters. The number of pyridine rings is 1. The fourth-order valence-electron chi connectivity index (χ4n) is 2.50. The Balaban J connectivity index is 2.10. The molecule has 0 saturated heterocycles. The van der Waals surface area contributed by atoms with Crippen molar-refractivity contribution in [1.82, 2.24) is 4.98 Å². The summed E-state index contributed by atoms with van der Waals surface area (Å²) in [5, 5.41) is 6.71. The van der Waals surface area contributed by atoms with E-state index in [4.69, 9.17) is 14.5 Å². The molecule has 2 aromatic carbocycles. The second kappa shape index (κ2) is 6.60. The van der Waals surface area contributed by atoms with E-state index in [0.717, 1.165) is 26.6 Å². The van der Waals surface area contributed by atoms with Gasteiger partial charge in [-0.05, 0) is 23.6 Å². The Hall–Kier alpha value is -1.69. The number of nitrogens with one attached hydrogen (secondary N) is 1. The number of halogens is 1. The highest BCUT2D eigenvalue weighted by Crippen LogP contribution is 2.30. The normalized spacial score (nSPS) is 11.5. The van der Waals surface area contributed by atoms with Crippen molar-refractivity contribution in [3.05, 3.63) is 46.9 Å². The SMILES string of the molecule is COC(CNc1nc2ccc(Br)cc2c2ccccc12)OC. The lowest BCUT2D eigenvalue weighted by atomic mass is 10.1. The van der Waals surface area contributed by atoms with Crippen LogP contribution in [0.2, 0.25) is 0 Å². The molecule has 0 aliphatic heterocycles. The molecule has 0 fully saturated rings. The maximum absolute atomic E-state index is 5.22. The number of benzene rings is 2. The zero-order chi connectivity index (χ0) is 15.5. The van der Waals surface area contributed by atoms with Crippen LogP contribution in [-0.4, -0.2) is 32.0 Å². The highest BCUT2D eigenvalue weighted by molar-refractivity contribution is 9.10. The Bertz CT molecular complexity index is 803. The Morgan fingerprint density at radius 1 is 1.05 bits per heavy atom. The lowest BCUT2D eigenvalue weighted by Gasteiger charge is -2.16. The molecule has 1 aromatic heterocycles. The van der Waals surface area contributed by atoms with Gasteiger partial charge in [-0.15, -0.1) is 0 Å². The van der Waals surface area contributed by atoms with Gasteiger partial charge in [0.1, 0.15) is 5.82 Å². The van der Waals surface area contributed by atoms with E-state index >= 15 is 0 Å². The van der Waals surface area contributed by atoms with E-state index in [0.29, 0.717) is 6.54 Å². The molecule has 3 rings (SSSR count). The molecule has 4 nitrogen and oxygen atoms in total. The summed E-state index contributed by atoms with van der Waals surface area (Å²) in [6, 6.07) is 14.4. The number of fused-ring (bicyclic) bond motifs is 3. The summed E-state index contributed by atoms with van der Waals surface area (Å²) >= 11 is 3.53. The van der Waals surface area contributed by atoms with Crippen LogP contribution in [0.5, 0.6) is 0 Å². The smallest absolute Gasteiger partial charge is 0.173 e. The van der Waals surface area contributed by atoms with Crippen LogP contribution in [-0.2, 0) is 9.47 Å². The molecule has 22 heavy (non-hydrogen) atoms. The standard InChI is InChI=1S/C17H17BrN2O2/c1-21-16(22-2)10-19-17-13-6-4-3-5-12(13)14-9-11(18)7-8-15(14)20-17/h3-9,16H,10H2,1-2H3,(H,19,20). The number of hydrogen-bond donors (Lipinski definition) is 1. The third-order valence-corrected chi connectivity index (χ3v) is 4.12. The Kier molecular flexibility index (Phi) is 4.57. The lowest BCUT2D eigenvalue weighted by Crippen LogP contribution is -2.24. The molecule has 0 radical (unpaired) electrons. The topological polar surface area (TPSA) is 43.4 Å². The van der Waals surface area contributed by atoms with Crippen molar-refractivity contribution in [1.29, 1.82) is 0 Å². The fourth-order valence-corrected chi connectivity index (χ4v) is 2.87. The molecule has 0 aliphatic carbocycles. The average molecular weight is 361 g/mol. The third-order valence-electron chi connectivity index (χ3n) is 3.63. The first-order valence-corrected chi connectivity index (χ1v) is 7.79. The molecule has 3 aromatic rings. The van der Waals surface area contributed by atoms with Gasteiger partial charge in [-0.25, -0.2) is 4.98 Å². The van der Waals surface area contributed by atoms with Crippen molar-refractivity contribution in [2.24, 2.45) is 0 Å². The fraction of sp³-hybridized carbons (Fsp3) is 0.235. The van der Waals surface area contributed by atoms with Crippen molar-refractivity contribution < 1.29 is 9.47 Å². The van der Waals surface area contributed by atoms with E-state index in [1.165, 1.54) is 5.39 Å². The van der Waals surface area contributed by atoms with Gasteiger partial charge in [0.25, 0.3) is 0 Å². The maximum atomic E-state index is 5.22. The first kappa shape index (κ1) is 15.2. The number of methoxy groups -OCH3 is 2. The molecular weight excluding hydrogens is 344 g/mol. The first-order valence-electron chi connectivity index (χ1n) is 7.00. The predicted octanol–water partition coefficient (Wildman–Crippen LogP) is 4.18. The number of ether oxygens (including phenoxy) is 2. The lowest BCUT2D eigenvalue weighted by molar-refractivity contribution is -0.0914. The molecule has 114 valence electrons. The minimum atomic E-state index is -0.304. The number of hydrogen-bond acceptors (Lipinski definition) is 4. The van der Waals surface area contributed by atoms with Crippen LogP contribution in [0.25, 0.3) is 21.7 Å². The predicted molar refractivity (Wildman–Crippen MR) is 93.2 cm³/mol. The van der Waals surface area contributed by atoms with E-state index in [-0.39, 0.29) is 6.29 Å². The zero-order valence-corrected chi connectivity index (χ0v) is 14.1. The minimum absolute atomic E-state index is 0.304. The van der Waals surface area contributed by atoms with E-state index in [1.54, 1.807) is 14.2 Å². The molecule has 0 spiro atoms. The minimum Gasteiger partial charge on any atom is -0.364 e. The van der Waals surface area contributed by atoms with Crippen molar-refractivity contribution in [3.8, 4) is 0 Å². The molecule has 0 amide bonds. The van der Waals surface area contributed by atoms with Crippen molar-refractivity contribution >= 4 is 43.4 Å². The van der Waals surface area contributed by atoms with Gasteiger partial charge >= 0.3 is 0 Å². The first-order chi connectivity index (χ1) is 10.7. The molecular formula is C17H17BrN2O2. The van der Waals surface area contributed by atoms with Crippen molar-refractivity contribution in [3.63, 3.8) is 0 Å².